The Morgan fingerprint density at radius 2 is 1.67 bits per heavy atom. The molecule has 0 saturated carbocycles. The monoisotopic (exact) mass is 613 g/mol. The van der Waals surface area contributed by atoms with Gasteiger partial charge in [-0.05, 0) is 67.9 Å². The van der Waals surface area contributed by atoms with Crippen molar-refractivity contribution in [1.82, 2.24) is 4.98 Å². The van der Waals surface area contributed by atoms with Crippen molar-refractivity contribution in [3.63, 3.8) is 0 Å². The van der Waals surface area contributed by atoms with E-state index in [-0.39, 0.29) is 23.0 Å². The average molecular weight is 615 g/mol. The molecule has 0 radical (unpaired) electrons. The molecule has 8 heteroatoms. The van der Waals surface area contributed by atoms with Crippen LogP contribution in [0.25, 0.3) is 10.9 Å². The van der Waals surface area contributed by atoms with Crippen molar-refractivity contribution in [2.24, 2.45) is 0 Å². The van der Waals surface area contributed by atoms with Crippen molar-refractivity contribution in [3.05, 3.63) is 63.3 Å². The summed E-state index contributed by atoms with van der Waals surface area (Å²) in [6, 6.07) is 11.8. The first kappa shape index (κ1) is 28.6. The topological polar surface area (TPSA) is 69.8 Å². The number of benzene rings is 2. The number of aromatic amines is 1. The van der Waals surface area contributed by atoms with Crippen LogP contribution >= 0.6 is 15.9 Å². The minimum Gasteiger partial charge on any atom is -0.491 e. The first-order chi connectivity index (χ1) is 18.0. The molecule has 0 bridgehead atoms. The van der Waals surface area contributed by atoms with E-state index in [9.17, 15) is 4.79 Å². The molecule has 0 unspecified atom stereocenters. The summed E-state index contributed by atoms with van der Waals surface area (Å²) >= 11 is 3.54. The summed E-state index contributed by atoms with van der Waals surface area (Å²) in [5, 5.41) is 1.06. The number of halogens is 1. The third-order valence-electron chi connectivity index (χ3n) is 8.64. The zero-order chi connectivity index (χ0) is 28.5. The largest absolute Gasteiger partial charge is 0.491 e. The summed E-state index contributed by atoms with van der Waals surface area (Å²) in [5.41, 5.74) is 3.90. The fourth-order valence-electron chi connectivity index (χ4n) is 5.35. The van der Waals surface area contributed by atoms with Crippen molar-refractivity contribution in [2.45, 2.75) is 90.0 Å². The van der Waals surface area contributed by atoms with Gasteiger partial charge in [-0.3, -0.25) is 4.79 Å². The van der Waals surface area contributed by atoms with E-state index in [1.807, 2.05) is 50.2 Å². The lowest BCUT2D eigenvalue weighted by Crippen LogP contribution is -2.44. The predicted molar refractivity (Wildman–Crippen MR) is 160 cm³/mol. The van der Waals surface area contributed by atoms with Crippen LogP contribution in [0.1, 0.15) is 75.6 Å². The van der Waals surface area contributed by atoms with E-state index in [4.69, 9.17) is 18.6 Å². The molecule has 1 aromatic heterocycles. The van der Waals surface area contributed by atoms with E-state index >= 15 is 0 Å². The number of hydrogen-bond donors (Lipinski definition) is 1. The van der Waals surface area contributed by atoms with Gasteiger partial charge >= 0.3 is 0 Å². The summed E-state index contributed by atoms with van der Waals surface area (Å²) in [4.78, 5) is 17.2. The van der Waals surface area contributed by atoms with Gasteiger partial charge in [-0.25, -0.2) is 0 Å². The Balaban J connectivity index is 1.36. The van der Waals surface area contributed by atoms with E-state index in [1.54, 1.807) is 0 Å². The second-order valence-electron chi connectivity index (χ2n) is 13.3. The summed E-state index contributed by atoms with van der Waals surface area (Å²) in [6.45, 7) is 20.1. The minimum atomic E-state index is -1.93. The van der Waals surface area contributed by atoms with Gasteiger partial charge in [-0.2, -0.15) is 0 Å². The maximum absolute atomic E-state index is 13.7. The molecule has 210 valence electrons. The molecule has 5 rings (SSSR count). The Kier molecular flexibility index (Phi) is 6.99. The molecule has 1 N–H and O–H groups in total. The van der Waals surface area contributed by atoms with Crippen LogP contribution in [0.4, 0.5) is 0 Å². The van der Waals surface area contributed by atoms with Crippen molar-refractivity contribution in [1.29, 1.82) is 0 Å². The number of nitrogens with one attached hydrogen (secondary N) is 1. The zero-order valence-corrected chi connectivity index (χ0v) is 27.0. The van der Waals surface area contributed by atoms with Crippen LogP contribution in [0.15, 0.2) is 40.9 Å². The van der Waals surface area contributed by atoms with Gasteiger partial charge in [0.15, 0.2) is 19.9 Å². The first-order valence-corrected chi connectivity index (χ1v) is 17.3. The minimum absolute atomic E-state index is 0.0385. The van der Waals surface area contributed by atoms with Crippen molar-refractivity contribution >= 4 is 40.9 Å². The maximum Gasteiger partial charge on any atom is 0.195 e. The third-order valence-corrected chi connectivity index (χ3v) is 13.6. The van der Waals surface area contributed by atoms with Crippen LogP contribution in [0.2, 0.25) is 18.1 Å². The van der Waals surface area contributed by atoms with Crippen molar-refractivity contribution in [2.75, 3.05) is 13.2 Å². The maximum atomic E-state index is 13.7. The van der Waals surface area contributed by atoms with Gasteiger partial charge in [0.05, 0.1) is 12.2 Å². The third kappa shape index (κ3) is 5.15. The average Bonchev–Trinajstić information content (AvgIpc) is 3.36. The number of carbonyl (C=O) groups excluding carboxylic acids is 1. The van der Waals surface area contributed by atoms with E-state index in [0.717, 1.165) is 32.2 Å². The molecule has 2 aromatic carbocycles. The standard InChI is InChI=1S/C31H40BrNO5Si/c1-29(2,3)39(8,9)36-17-25-24(37-31(6,7)38-25)16-35-19-11-13-20-22(15-19)30(4,5)28-26(27(20)34)21-12-10-18(32)14-23(21)33-28/h10-15,24-25,33H,16-17H2,1-9H3/t24-,25-/m1/s1. The summed E-state index contributed by atoms with van der Waals surface area (Å²) in [7, 11) is -1.93. The van der Waals surface area contributed by atoms with Crippen LogP contribution in [-0.4, -0.2) is 50.3 Å². The molecule has 6 nitrogen and oxygen atoms in total. The Morgan fingerprint density at radius 1 is 1.00 bits per heavy atom. The van der Waals surface area contributed by atoms with Crippen LogP contribution < -0.4 is 4.74 Å². The number of ether oxygens (including phenoxy) is 3. The second-order valence-corrected chi connectivity index (χ2v) is 19.0. The fourth-order valence-corrected chi connectivity index (χ4v) is 6.72. The molecule has 1 fully saturated rings. The van der Waals surface area contributed by atoms with Crippen LogP contribution in [0.5, 0.6) is 5.75 Å². The van der Waals surface area contributed by atoms with Gasteiger partial charge in [0.1, 0.15) is 24.6 Å². The fraction of sp³-hybridized carbons (Fsp3) is 0.516. The number of aromatic nitrogens is 1. The van der Waals surface area contributed by atoms with Crippen LogP contribution in [0, 0.1) is 0 Å². The number of carbonyl (C=O) groups is 1. The first-order valence-electron chi connectivity index (χ1n) is 13.6. The normalized spacial score (nSPS) is 22.2. The molecule has 2 aliphatic rings. The molecule has 39 heavy (non-hydrogen) atoms. The van der Waals surface area contributed by atoms with Gasteiger partial charge in [-0.15, -0.1) is 0 Å². The zero-order valence-electron chi connectivity index (χ0n) is 24.5. The van der Waals surface area contributed by atoms with Gasteiger partial charge in [0, 0.05) is 32.0 Å². The van der Waals surface area contributed by atoms with Crippen molar-refractivity contribution < 1.29 is 23.4 Å². The number of fused-ring (bicyclic) bond motifs is 4. The molecular formula is C31H40BrNO5Si. The molecule has 2 heterocycles. The van der Waals surface area contributed by atoms with Crippen molar-refractivity contribution in [3.8, 4) is 5.75 Å². The van der Waals surface area contributed by atoms with E-state index in [1.165, 1.54) is 0 Å². The Labute approximate surface area is 241 Å². The second kappa shape index (κ2) is 9.55. The molecule has 1 aliphatic heterocycles. The Bertz CT molecular complexity index is 1430. The number of rotatable bonds is 6. The molecular weight excluding hydrogens is 574 g/mol. The highest BCUT2D eigenvalue weighted by atomic mass is 79.9. The lowest BCUT2D eigenvalue weighted by Gasteiger charge is -2.37. The predicted octanol–water partition coefficient (Wildman–Crippen LogP) is 7.72. The molecule has 1 saturated heterocycles. The summed E-state index contributed by atoms with van der Waals surface area (Å²) in [5.74, 6) is 0.0340. The van der Waals surface area contributed by atoms with Gasteiger partial charge in [-0.1, -0.05) is 56.6 Å². The number of ketones is 1. The lowest BCUT2D eigenvalue weighted by molar-refractivity contribution is -0.150. The van der Waals surface area contributed by atoms with E-state index in [2.05, 4.69) is 68.6 Å². The van der Waals surface area contributed by atoms with E-state index in [0.29, 0.717) is 24.5 Å². The quantitative estimate of drug-likeness (QED) is 0.288. The Morgan fingerprint density at radius 3 is 2.33 bits per heavy atom. The molecule has 2 atom stereocenters. The summed E-state index contributed by atoms with van der Waals surface area (Å²) in [6.07, 6.45) is -0.493. The van der Waals surface area contributed by atoms with Gasteiger partial charge in [0.25, 0.3) is 0 Å². The van der Waals surface area contributed by atoms with Crippen LogP contribution in [-0.2, 0) is 19.3 Å². The smallest absolute Gasteiger partial charge is 0.195 e. The highest BCUT2D eigenvalue weighted by Crippen LogP contribution is 2.45. The lowest BCUT2D eigenvalue weighted by atomic mass is 9.71. The molecule has 1 aliphatic carbocycles. The number of hydrogen-bond acceptors (Lipinski definition) is 5. The highest BCUT2D eigenvalue weighted by Gasteiger charge is 2.45. The van der Waals surface area contributed by atoms with Gasteiger partial charge < -0.3 is 23.6 Å². The Hall–Kier alpha value is -1.97. The highest BCUT2D eigenvalue weighted by molar-refractivity contribution is 9.10. The number of H-pyrrole nitrogens is 1. The molecule has 0 spiro atoms. The molecule has 0 amide bonds. The summed E-state index contributed by atoms with van der Waals surface area (Å²) < 4.78 is 26.2. The molecule has 3 aromatic rings. The van der Waals surface area contributed by atoms with E-state index < -0.39 is 19.5 Å². The van der Waals surface area contributed by atoms with Crippen LogP contribution in [0.3, 0.4) is 0 Å². The SMILES string of the molecule is CC1(C)O[C@H](COc2ccc3c(c2)C(C)(C)c2[nH]c4cc(Br)ccc4c2C3=O)[C@@H](CO[Si](C)(C)C(C)(C)C)O1. The van der Waals surface area contributed by atoms with Gasteiger partial charge in [0.2, 0.25) is 0 Å².